The molecule has 2 atom stereocenters. The Hall–Kier alpha value is -1.06. The molecule has 1 rings (SSSR count). The van der Waals surface area contributed by atoms with Crippen LogP contribution < -0.4 is 0 Å². The van der Waals surface area contributed by atoms with Gasteiger partial charge in [0.2, 0.25) is 0 Å². The predicted octanol–water partition coefficient (Wildman–Crippen LogP) is 1.75. The maximum atomic E-state index is 10.8. The Morgan fingerprint density at radius 2 is 2.14 bits per heavy atom. The summed E-state index contributed by atoms with van der Waals surface area (Å²) in [6.07, 6.45) is 1.65. The molecule has 0 aliphatic heterocycles. The highest BCUT2D eigenvalue weighted by atomic mass is 16.6. The molecule has 0 saturated heterocycles. The fourth-order valence-corrected chi connectivity index (χ4v) is 1.65. The SMILES string of the molecule is CC(C)O/N=C/C1[C@@H](C(=O)O)C1(C)C. The normalized spacial score (nSPS) is 29.5. The van der Waals surface area contributed by atoms with E-state index in [0.29, 0.717) is 0 Å². The van der Waals surface area contributed by atoms with E-state index >= 15 is 0 Å². The first-order valence-corrected chi connectivity index (χ1v) is 4.79. The third kappa shape index (κ3) is 2.05. The van der Waals surface area contributed by atoms with E-state index < -0.39 is 5.97 Å². The molecule has 1 aliphatic rings. The lowest BCUT2D eigenvalue weighted by atomic mass is 10.1. The van der Waals surface area contributed by atoms with Crippen LogP contribution >= 0.6 is 0 Å². The number of oxime groups is 1. The van der Waals surface area contributed by atoms with Gasteiger partial charge in [-0.3, -0.25) is 4.79 Å². The molecule has 0 aromatic rings. The van der Waals surface area contributed by atoms with Crippen molar-refractivity contribution in [2.24, 2.45) is 22.4 Å². The molecular weight excluding hydrogens is 182 g/mol. The van der Waals surface area contributed by atoms with E-state index in [2.05, 4.69) is 5.16 Å². The minimum absolute atomic E-state index is 0.00116. The van der Waals surface area contributed by atoms with Gasteiger partial charge in [0.1, 0.15) is 6.10 Å². The number of nitrogens with zero attached hydrogens (tertiary/aromatic N) is 1. The van der Waals surface area contributed by atoms with Crippen molar-refractivity contribution in [1.29, 1.82) is 0 Å². The molecule has 4 nitrogen and oxygen atoms in total. The molecule has 0 aromatic heterocycles. The topological polar surface area (TPSA) is 58.9 Å². The van der Waals surface area contributed by atoms with Crippen LogP contribution in [0, 0.1) is 17.3 Å². The van der Waals surface area contributed by atoms with Crippen LogP contribution in [0.2, 0.25) is 0 Å². The predicted molar refractivity (Wildman–Crippen MR) is 53.1 cm³/mol. The van der Waals surface area contributed by atoms with Crippen molar-refractivity contribution in [3.63, 3.8) is 0 Å². The molecular formula is C10H17NO3. The number of hydrogen-bond acceptors (Lipinski definition) is 3. The third-order valence-electron chi connectivity index (χ3n) is 2.67. The summed E-state index contributed by atoms with van der Waals surface area (Å²) in [5, 5.41) is 12.6. The lowest BCUT2D eigenvalue weighted by Crippen LogP contribution is -2.03. The van der Waals surface area contributed by atoms with E-state index in [9.17, 15) is 4.79 Å². The molecule has 1 aliphatic carbocycles. The molecule has 0 spiro atoms. The van der Waals surface area contributed by atoms with Crippen LogP contribution in [0.3, 0.4) is 0 Å². The number of carboxylic acids is 1. The first-order valence-electron chi connectivity index (χ1n) is 4.79. The van der Waals surface area contributed by atoms with Gasteiger partial charge in [-0.15, -0.1) is 0 Å². The summed E-state index contributed by atoms with van der Waals surface area (Å²) >= 11 is 0. The quantitative estimate of drug-likeness (QED) is 0.554. The van der Waals surface area contributed by atoms with Gasteiger partial charge in [0, 0.05) is 12.1 Å². The zero-order chi connectivity index (χ0) is 10.9. The van der Waals surface area contributed by atoms with Gasteiger partial charge >= 0.3 is 5.97 Å². The van der Waals surface area contributed by atoms with Crippen LogP contribution in [0.4, 0.5) is 0 Å². The maximum absolute atomic E-state index is 10.8. The molecule has 14 heavy (non-hydrogen) atoms. The number of rotatable bonds is 4. The highest BCUT2D eigenvalue weighted by molar-refractivity contribution is 5.84. The molecule has 0 amide bonds. The molecule has 0 bridgehead atoms. The van der Waals surface area contributed by atoms with Crippen molar-refractivity contribution in [2.45, 2.75) is 33.8 Å². The van der Waals surface area contributed by atoms with Gasteiger partial charge in [0.05, 0.1) is 5.92 Å². The van der Waals surface area contributed by atoms with Gasteiger partial charge in [-0.2, -0.15) is 0 Å². The Kier molecular flexibility index (Phi) is 2.83. The van der Waals surface area contributed by atoms with Crippen LogP contribution in [-0.2, 0) is 9.63 Å². The number of carboxylic acid groups (broad SMARTS) is 1. The zero-order valence-electron chi connectivity index (χ0n) is 9.02. The summed E-state index contributed by atoms with van der Waals surface area (Å²) in [5.74, 6) is -1.07. The van der Waals surface area contributed by atoms with Crippen LogP contribution in [0.25, 0.3) is 0 Å². The lowest BCUT2D eigenvalue weighted by molar-refractivity contribution is -0.139. The van der Waals surface area contributed by atoms with Gasteiger partial charge < -0.3 is 9.94 Å². The third-order valence-corrected chi connectivity index (χ3v) is 2.67. The molecule has 1 fully saturated rings. The molecule has 0 heterocycles. The van der Waals surface area contributed by atoms with Gasteiger partial charge in [0.15, 0.2) is 0 Å². The van der Waals surface area contributed by atoms with Crippen LogP contribution in [-0.4, -0.2) is 23.4 Å². The average molecular weight is 199 g/mol. The number of hydrogen-bond donors (Lipinski definition) is 1. The van der Waals surface area contributed by atoms with E-state index in [1.54, 1.807) is 6.21 Å². The van der Waals surface area contributed by atoms with E-state index in [4.69, 9.17) is 9.94 Å². The highest BCUT2D eigenvalue weighted by Crippen LogP contribution is 2.57. The molecule has 1 unspecified atom stereocenters. The Balaban J connectivity index is 2.49. The Morgan fingerprint density at radius 1 is 1.57 bits per heavy atom. The molecule has 4 heteroatoms. The minimum Gasteiger partial charge on any atom is -0.481 e. The zero-order valence-corrected chi connectivity index (χ0v) is 9.02. The van der Waals surface area contributed by atoms with Crippen molar-refractivity contribution < 1.29 is 14.7 Å². The molecule has 0 aromatic carbocycles. The van der Waals surface area contributed by atoms with Gasteiger partial charge in [-0.05, 0) is 19.3 Å². The van der Waals surface area contributed by atoms with E-state index in [0.717, 1.165) is 0 Å². The summed E-state index contributed by atoms with van der Waals surface area (Å²) in [6.45, 7) is 7.61. The Labute approximate surface area is 83.9 Å². The lowest BCUT2D eigenvalue weighted by Gasteiger charge is -2.00. The van der Waals surface area contributed by atoms with Gasteiger partial charge in [-0.25, -0.2) is 0 Å². The van der Waals surface area contributed by atoms with Crippen molar-refractivity contribution in [2.75, 3.05) is 0 Å². The second-order valence-electron chi connectivity index (χ2n) is 4.57. The number of carbonyl (C=O) groups is 1. The summed E-state index contributed by atoms with van der Waals surface area (Å²) in [7, 11) is 0. The van der Waals surface area contributed by atoms with Crippen molar-refractivity contribution in [3.8, 4) is 0 Å². The summed E-state index contributed by atoms with van der Waals surface area (Å²) < 4.78 is 0. The van der Waals surface area contributed by atoms with Crippen molar-refractivity contribution >= 4 is 12.2 Å². The fraction of sp³-hybridized carbons (Fsp3) is 0.800. The standard InChI is InChI=1S/C10H17NO3/c1-6(2)14-11-5-7-8(9(12)13)10(7,3)4/h5-8H,1-4H3,(H,12,13)/b11-5+/t7?,8-/m0/s1. The Bertz CT molecular complexity index is 258. The maximum Gasteiger partial charge on any atom is 0.307 e. The second kappa shape index (κ2) is 3.59. The molecule has 1 N–H and O–H groups in total. The minimum atomic E-state index is -0.754. The van der Waals surface area contributed by atoms with E-state index in [1.807, 2.05) is 27.7 Å². The van der Waals surface area contributed by atoms with Crippen LogP contribution in [0.5, 0.6) is 0 Å². The monoisotopic (exact) mass is 199 g/mol. The molecule has 1 saturated carbocycles. The smallest absolute Gasteiger partial charge is 0.307 e. The number of aliphatic carboxylic acids is 1. The van der Waals surface area contributed by atoms with Gasteiger partial charge in [0.25, 0.3) is 0 Å². The van der Waals surface area contributed by atoms with Crippen LogP contribution in [0.15, 0.2) is 5.16 Å². The molecule has 0 radical (unpaired) electrons. The summed E-state index contributed by atoms with van der Waals surface area (Å²) in [6, 6.07) is 0. The summed E-state index contributed by atoms with van der Waals surface area (Å²) in [4.78, 5) is 15.8. The van der Waals surface area contributed by atoms with Crippen molar-refractivity contribution in [1.82, 2.24) is 0 Å². The first kappa shape index (κ1) is 11.0. The van der Waals surface area contributed by atoms with E-state index in [1.165, 1.54) is 0 Å². The second-order valence-corrected chi connectivity index (χ2v) is 4.57. The van der Waals surface area contributed by atoms with Gasteiger partial charge in [-0.1, -0.05) is 19.0 Å². The molecule has 80 valence electrons. The largest absolute Gasteiger partial charge is 0.481 e. The average Bonchev–Trinajstić information content (AvgIpc) is 2.52. The fourth-order valence-electron chi connectivity index (χ4n) is 1.65. The summed E-state index contributed by atoms with van der Waals surface area (Å²) in [5.41, 5.74) is -0.185. The van der Waals surface area contributed by atoms with Crippen LogP contribution in [0.1, 0.15) is 27.7 Å². The van der Waals surface area contributed by atoms with E-state index in [-0.39, 0.29) is 23.4 Å². The highest BCUT2D eigenvalue weighted by Gasteiger charge is 2.61. The van der Waals surface area contributed by atoms with Crippen molar-refractivity contribution in [3.05, 3.63) is 0 Å². The Morgan fingerprint density at radius 3 is 2.50 bits per heavy atom. The first-order chi connectivity index (χ1) is 6.37.